The molecule has 1 amide bonds. The first kappa shape index (κ1) is 13.8. The Morgan fingerprint density at radius 3 is 2.44 bits per heavy atom. The van der Waals surface area contributed by atoms with Gasteiger partial charge in [-0.25, -0.2) is 0 Å². The topological polar surface area (TPSA) is 64.8 Å². The molecule has 0 aromatic heterocycles. The van der Waals surface area contributed by atoms with E-state index in [0.717, 1.165) is 32.6 Å². The maximum Gasteiger partial charge on any atom is 0.231 e. The van der Waals surface area contributed by atoms with Crippen molar-refractivity contribution >= 4 is 5.91 Å². The predicted octanol–water partition coefficient (Wildman–Crippen LogP) is 0.869. The van der Waals surface area contributed by atoms with Gasteiger partial charge in [0.15, 0.2) is 6.29 Å². The van der Waals surface area contributed by atoms with Crippen LogP contribution >= 0.6 is 0 Å². The van der Waals surface area contributed by atoms with Gasteiger partial charge in [0.05, 0.1) is 19.8 Å². The fourth-order valence-corrected chi connectivity index (χ4v) is 2.83. The van der Waals surface area contributed by atoms with Gasteiger partial charge in [0.1, 0.15) is 0 Å². The molecule has 2 fully saturated rings. The highest BCUT2D eigenvalue weighted by molar-refractivity contribution is 5.75. The SMILES string of the molecule is NC(=O)CN(CCC1OCCCO1)C1CCCC1. The lowest BCUT2D eigenvalue weighted by molar-refractivity contribution is -0.183. The number of primary amides is 1. The summed E-state index contributed by atoms with van der Waals surface area (Å²) in [5, 5.41) is 0. The van der Waals surface area contributed by atoms with Crippen LogP contribution in [0.5, 0.6) is 0 Å². The predicted molar refractivity (Wildman–Crippen MR) is 67.9 cm³/mol. The summed E-state index contributed by atoms with van der Waals surface area (Å²) in [7, 11) is 0. The molecular weight excluding hydrogens is 232 g/mol. The van der Waals surface area contributed by atoms with E-state index in [1.165, 1.54) is 25.7 Å². The van der Waals surface area contributed by atoms with Gasteiger partial charge in [0.25, 0.3) is 0 Å². The number of amides is 1. The summed E-state index contributed by atoms with van der Waals surface area (Å²) in [4.78, 5) is 13.3. The number of carbonyl (C=O) groups is 1. The molecular formula is C13H24N2O3. The van der Waals surface area contributed by atoms with Gasteiger partial charge in [-0.2, -0.15) is 0 Å². The standard InChI is InChI=1S/C13H24N2O3/c14-12(16)10-15(11-4-1-2-5-11)7-6-13-17-8-3-9-18-13/h11,13H,1-10H2,(H2,14,16). The molecule has 1 aliphatic carbocycles. The van der Waals surface area contributed by atoms with Crippen LogP contribution in [0.4, 0.5) is 0 Å². The lowest BCUT2D eigenvalue weighted by Crippen LogP contribution is -2.42. The molecule has 1 saturated heterocycles. The minimum atomic E-state index is -0.243. The van der Waals surface area contributed by atoms with Gasteiger partial charge in [-0.05, 0) is 19.3 Å². The van der Waals surface area contributed by atoms with Gasteiger partial charge in [-0.3, -0.25) is 9.69 Å². The van der Waals surface area contributed by atoms with E-state index in [2.05, 4.69) is 4.90 Å². The van der Waals surface area contributed by atoms with Crippen LogP contribution in [0, 0.1) is 0 Å². The maximum absolute atomic E-state index is 11.1. The molecule has 5 nitrogen and oxygen atoms in total. The van der Waals surface area contributed by atoms with Crippen LogP contribution in [0.2, 0.25) is 0 Å². The Kier molecular flexibility index (Phi) is 5.41. The molecule has 1 aliphatic heterocycles. The fourth-order valence-electron chi connectivity index (χ4n) is 2.83. The van der Waals surface area contributed by atoms with E-state index < -0.39 is 0 Å². The van der Waals surface area contributed by atoms with Gasteiger partial charge in [0, 0.05) is 19.0 Å². The summed E-state index contributed by atoms with van der Waals surface area (Å²) in [6, 6.07) is 0.515. The second-order valence-electron chi connectivity index (χ2n) is 5.19. The van der Waals surface area contributed by atoms with Gasteiger partial charge >= 0.3 is 0 Å². The Morgan fingerprint density at radius 1 is 1.17 bits per heavy atom. The molecule has 2 N–H and O–H groups in total. The Bertz CT molecular complexity index is 261. The smallest absolute Gasteiger partial charge is 0.231 e. The second kappa shape index (κ2) is 7.07. The van der Waals surface area contributed by atoms with Crippen molar-refractivity contribution in [1.82, 2.24) is 4.90 Å². The fraction of sp³-hybridized carbons (Fsp3) is 0.923. The number of hydrogen-bond acceptors (Lipinski definition) is 4. The van der Waals surface area contributed by atoms with Crippen LogP contribution in [0.1, 0.15) is 38.5 Å². The molecule has 0 atom stereocenters. The Hall–Kier alpha value is -0.650. The lowest BCUT2D eigenvalue weighted by Gasteiger charge is -2.30. The van der Waals surface area contributed by atoms with E-state index in [1.54, 1.807) is 0 Å². The first-order valence-electron chi connectivity index (χ1n) is 7.01. The number of hydrogen-bond donors (Lipinski definition) is 1. The minimum Gasteiger partial charge on any atom is -0.369 e. The summed E-state index contributed by atoms with van der Waals surface area (Å²) in [5.74, 6) is -0.243. The van der Waals surface area contributed by atoms with E-state index in [1.807, 2.05) is 0 Å². The number of nitrogens with zero attached hydrogens (tertiary/aromatic N) is 1. The average Bonchev–Trinajstić information content (AvgIpc) is 2.89. The van der Waals surface area contributed by atoms with E-state index in [0.29, 0.717) is 12.6 Å². The van der Waals surface area contributed by atoms with Crippen LogP contribution in [0.3, 0.4) is 0 Å². The largest absolute Gasteiger partial charge is 0.369 e. The third-order valence-corrected chi connectivity index (χ3v) is 3.75. The molecule has 0 spiro atoms. The molecule has 5 heteroatoms. The monoisotopic (exact) mass is 256 g/mol. The highest BCUT2D eigenvalue weighted by Gasteiger charge is 2.25. The number of ether oxygens (including phenoxy) is 2. The summed E-state index contributed by atoms with van der Waals surface area (Å²) in [5.41, 5.74) is 5.33. The van der Waals surface area contributed by atoms with Crippen LogP contribution in [-0.2, 0) is 14.3 Å². The maximum atomic E-state index is 11.1. The first-order chi connectivity index (χ1) is 8.75. The van der Waals surface area contributed by atoms with Crippen LogP contribution in [0.25, 0.3) is 0 Å². The van der Waals surface area contributed by atoms with E-state index in [-0.39, 0.29) is 12.2 Å². The van der Waals surface area contributed by atoms with Gasteiger partial charge < -0.3 is 15.2 Å². The molecule has 2 rings (SSSR count). The molecule has 0 unspecified atom stereocenters. The molecule has 2 aliphatic rings. The summed E-state index contributed by atoms with van der Waals surface area (Å²) in [6.45, 7) is 2.75. The van der Waals surface area contributed by atoms with E-state index >= 15 is 0 Å². The molecule has 0 radical (unpaired) electrons. The second-order valence-corrected chi connectivity index (χ2v) is 5.19. The summed E-state index contributed by atoms with van der Waals surface area (Å²) >= 11 is 0. The Labute approximate surface area is 109 Å². The highest BCUT2D eigenvalue weighted by atomic mass is 16.7. The minimum absolute atomic E-state index is 0.101. The van der Waals surface area contributed by atoms with Gasteiger partial charge in [0.2, 0.25) is 5.91 Å². The zero-order valence-electron chi connectivity index (χ0n) is 11.0. The molecule has 1 saturated carbocycles. The van der Waals surface area contributed by atoms with Crippen molar-refractivity contribution in [3.05, 3.63) is 0 Å². The lowest BCUT2D eigenvalue weighted by atomic mass is 10.2. The normalized spacial score (nSPS) is 22.7. The highest BCUT2D eigenvalue weighted by Crippen LogP contribution is 2.24. The van der Waals surface area contributed by atoms with E-state index in [4.69, 9.17) is 15.2 Å². The van der Waals surface area contributed by atoms with Crippen molar-refractivity contribution < 1.29 is 14.3 Å². The molecule has 0 bridgehead atoms. The summed E-state index contributed by atoms with van der Waals surface area (Å²) in [6.07, 6.45) is 6.58. The van der Waals surface area contributed by atoms with Crippen molar-refractivity contribution in [3.8, 4) is 0 Å². The van der Waals surface area contributed by atoms with Crippen molar-refractivity contribution in [2.24, 2.45) is 5.73 Å². The third-order valence-electron chi connectivity index (χ3n) is 3.75. The molecule has 0 aromatic rings. The zero-order chi connectivity index (χ0) is 12.8. The Morgan fingerprint density at radius 2 is 1.83 bits per heavy atom. The van der Waals surface area contributed by atoms with Crippen LogP contribution in [-0.4, -0.2) is 49.4 Å². The molecule has 1 heterocycles. The van der Waals surface area contributed by atoms with Gasteiger partial charge in [-0.1, -0.05) is 12.8 Å². The summed E-state index contributed by atoms with van der Waals surface area (Å²) < 4.78 is 11.1. The molecule has 0 aromatic carbocycles. The van der Waals surface area contributed by atoms with E-state index in [9.17, 15) is 4.79 Å². The van der Waals surface area contributed by atoms with Gasteiger partial charge in [-0.15, -0.1) is 0 Å². The molecule has 104 valence electrons. The van der Waals surface area contributed by atoms with Crippen molar-refractivity contribution in [2.45, 2.75) is 50.9 Å². The van der Waals surface area contributed by atoms with Crippen LogP contribution in [0.15, 0.2) is 0 Å². The third kappa shape index (κ3) is 4.23. The zero-order valence-corrected chi connectivity index (χ0v) is 11.0. The Balaban J connectivity index is 1.78. The van der Waals surface area contributed by atoms with Crippen molar-refractivity contribution in [1.29, 1.82) is 0 Å². The number of carbonyl (C=O) groups excluding carboxylic acids is 1. The number of nitrogens with two attached hydrogens (primary N) is 1. The van der Waals surface area contributed by atoms with Crippen molar-refractivity contribution in [3.63, 3.8) is 0 Å². The molecule has 18 heavy (non-hydrogen) atoms. The quantitative estimate of drug-likeness (QED) is 0.766. The number of rotatable bonds is 6. The average molecular weight is 256 g/mol. The van der Waals surface area contributed by atoms with Crippen LogP contribution < -0.4 is 5.73 Å². The van der Waals surface area contributed by atoms with Crippen molar-refractivity contribution in [2.75, 3.05) is 26.3 Å². The first-order valence-corrected chi connectivity index (χ1v) is 7.01.